The van der Waals surface area contributed by atoms with Crippen molar-refractivity contribution in [1.29, 1.82) is 0 Å². The maximum absolute atomic E-state index is 11.7. The first kappa shape index (κ1) is 12.7. The van der Waals surface area contributed by atoms with E-state index in [-0.39, 0.29) is 29.4 Å². The molecule has 1 aliphatic carbocycles. The molecule has 0 aromatic heterocycles. The quantitative estimate of drug-likeness (QED) is 0.496. The van der Waals surface area contributed by atoms with Crippen LogP contribution in [0.1, 0.15) is 33.1 Å². The molecule has 0 unspecified atom stereocenters. The fourth-order valence-electron chi connectivity index (χ4n) is 4.11. The van der Waals surface area contributed by atoms with Crippen LogP contribution >= 0.6 is 0 Å². The molecule has 3 aliphatic rings. The molecular formula is C15H20O4. The van der Waals surface area contributed by atoms with Gasteiger partial charge in [0, 0.05) is 23.3 Å². The fraction of sp³-hybridized carbons (Fsp3) is 0.733. The smallest absolute Gasteiger partial charge is 0.334 e. The van der Waals surface area contributed by atoms with Crippen molar-refractivity contribution in [2.75, 3.05) is 6.61 Å². The van der Waals surface area contributed by atoms with Gasteiger partial charge >= 0.3 is 11.9 Å². The van der Waals surface area contributed by atoms with Gasteiger partial charge in [0.25, 0.3) is 0 Å². The number of hydrogen-bond acceptors (Lipinski definition) is 4. The van der Waals surface area contributed by atoms with Crippen molar-refractivity contribution < 1.29 is 19.1 Å². The molecule has 0 amide bonds. The van der Waals surface area contributed by atoms with Gasteiger partial charge in [-0.3, -0.25) is 4.79 Å². The highest BCUT2D eigenvalue weighted by atomic mass is 16.6. The van der Waals surface area contributed by atoms with E-state index < -0.39 is 0 Å². The van der Waals surface area contributed by atoms with Crippen molar-refractivity contribution in [2.24, 2.45) is 23.2 Å². The topological polar surface area (TPSA) is 52.6 Å². The molecule has 2 saturated heterocycles. The zero-order valence-electron chi connectivity index (χ0n) is 11.5. The van der Waals surface area contributed by atoms with Crippen LogP contribution in [0, 0.1) is 23.2 Å². The third-order valence-electron chi connectivity index (χ3n) is 5.24. The lowest BCUT2D eigenvalue weighted by Crippen LogP contribution is -2.42. The van der Waals surface area contributed by atoms with Gasteiger partial charge in [-0.1, -0.05) is 20.4 Å². The van der Waals surface area contributed by atoms with Crippen LogP contribution in [0.4, 0.5) is 0 Å². The van der Waals surface area contributed by atoms with Gasteiger partial charge in [-0.2, -0.15) is 0 Å². The van der Waals surface area contributed by atoms with Gasteiger partial charge in [0.05, 0.1) is 6.61 Å². The van der Waals surface area contributed by atoms with Gasteiger partial charge in [-0.05, 0) is 24.7 Å². The maximum Gasteiger partial charge on any atom is 0.334 e. The van der Waals surface area contributed by atoms with Gasteiger partial charge in [-0.15, -0.1) is 0 Å². The van der Waals surface area contributed by atoms with Crippen molar-refractivity contribution >= 4 is 11.9 Å². The van der Waals surface area contributed by atoms with E-state index in [4.69, 9.17) is 9.47 Å². The number of cyclic esters (lactones) is 1. The Kier molecular flexibility index (Phi) is 2.73. The lowest BCUT2D eigenvalue weighted by Gasteiger charge is -2.42. The van der Waals surface area contributed by atoms with E-state index in [2.05, 4.69) is 20.4 Å². The van der Waals surface area contributed by atoms with Crippen molar-refractivity contribution in [3.63, 3.8) is 0 Å². The van der Waals surface area contributed by atoms with Crippen LogP contribution < -0.4 is 0 Å². The molecule has 0 bridgehead atoms. The molecule has 1 saturated carbocycles. The summed E-state index contributed by atoms with van der Waals surface area (Å²) in [6, 6.07) is 0. The van der Waals surface area contributed by atoms with Gasteiger partial charge < -0.3 is 9.47 Å². The molecule has 3 rings (SSSR count). The van der Waals surface area contributed by atoms with Crippen LogP contribution in [0.15, 0.2) is 12.2 Å². The lowest BCUT2D eigenvalue weighted by atomic mass is 9.66. The minimum Gasteiger partial charge on any atom is -0.465 e. The van der Waals surface area contributed by atoms with E-state index in [0.717, 1.165) is 12.8 Å². The Morgan fingerprint density at radius 1 is 1.37 bits per heavy atom. The van der Waals surface area contributed by atoms with E-state index in [1.165, 1.54) is 0 Å². The summed E-state index contributed by atoms with van der Waals surface area (Å²) in [6.45, 7) is 8.65. The number of hydrogen-bond donors (Lipinski definition) is 0. The third kappa shape index (κ3) is 1.88. The van der Waals surface area contributed by atoms with Gasteiger partial charge in [0.2, 0.25) is 0 Å². The number of fused-ring (bicyclic) bond motifs is 2. The Labute approximate surface area is 113 Å². The maximum atomic E-state index is 11.7. The van der Waals surface area contributed by atoms with Crippen molar-refractivity contribution in [3.8, 4) is 0 Å². The van der Waals surface area contributed by atoms with E-state index in [0.29, 0.717) is 30.4 Å². The van der Waals surface area contributed by atoms with E-state index >= 15 is 0 Å². The number of rotatable bonds is 0. The predicted octanol–water partition coefficient (Wildman–Crippen LogP) is 2.08. The number of carbonyl (C=O) groups is 2. The highest BCUT2D eigenvalue weighted by Crippen LogP contribution is 2.52. The Balaban J connectivity index is 1.93. The standard InChI is InChI=1S/C15H20O4/c1-8-4-12-10(9(2)14(17)19-12)6-15(3)7-18-13(16)5-11(8)15/h8,10-12H,2,4-7H2,1,3H3/t8-,10+,11+,12+,15+/m0/s1. The summed E-state index contributed by atoms with van der Waals surface area (Å²) in [5.74, 6) is 0.397. The first-order chi connectivity index (χ1) is 8.90. The molecule has 2 aliphatic heterocycles. The molecule has 5 atom stereocenters. The minimum absolute atomic E-state index is 0.0625. The molecule has 3 fully saturated rings. The van der Waals surface area contributed by atoms with Crippen LogP contribution in [0.5, 0.6) is 0 Å². The summed E-state index contributed by atoms with van der Waals surface area (Å²) in [6.07, 6.45) is 2.07. The summed E-state index contributed by atoms with van der Waals surface area (Å²) in [4.78, 5) is 23.2. The monoisotopic (exact) mass is 264 g/mol. The zero-order chi connectivity index (χ0) is 13.8. The van der Waals surface area contributed by atoms with E-state index in [1.807, 2.05) is 0 Å². The molecule has 4 heteroatoms. The zero-order valence-corrected chi connectivity index (χ0v) is 11.5. The van der Waals surface area contributed by atoms with Crippen molar-refractivity contribution in [3.05, 3.63) is 12.2 Å². The molecule has 0 radical (unpaired) electrons. The Hall–Kier alpha value is -1.32. The molecule has 0 aromatic rings. The molecule has 4 nitrogen and oxygen atoms in total. The first-order valence-electron chi connectivity index (χ1n) is 6.96. The van der Waals surface area contributed by atoms with Gasteiger partial charge in [0.1, 0.15) is 6.10 Å². The lowest BCUT2D eigenvalue weighted by molar-refractivity contribution is -0.162. The van der Waals surface area contributed by atoms with Crippen molar-refractivity contribution in [2.45, 2.75) is 39.2 Å². The number of ether oxygens (including phenoxy) is 2. The van der Waals surface area contributed by atoms with Crippen LogP contribution in [0.2, 0.25) is 0 Å². The number of esters is 2. The average Bonchev–Trinajstić information content (AvgIpc) is 2.54. The highest BCUT2D eigenvalue weighted by Gasteiger charge is 2.52. The molecule has 2 heterocycles. The second-order valence-electron chi connectivity index (χ2n) is 6.62. The second-order valence-corrected chi connectivity index (χ2v) is 6.62. The van der Waals surface area contributed by atoms with E-state index in [1.54, 1.807) is 0 Å². The van der Waals surface area contributed by atoms with Crippen LogP contribution in [-0.2, 0) is 19.1 Å². The van der Waals surface area contributed by atoms with Crippen LogP contribution in [0.25, 0.3) is 0 Å². The molecule has 104 valence electrons. The van der Waals surface area contributed by atoms with Crippen LogP contribution in [-0.4, -0.2) is 24.6 Å². The second kappa shape index (κ2) is 4.09. The highest BCUT2D eigenvalue weighted by molar-refractivity contribution is 5.90. The Morgan fingerprint density at radius 2 is 2.11 bits per heavy atom. The molecule has 0 spiro atoms. The summed E-state index contributed by atoms with van der Waals surface area (Å²) in [5, 5.41) is 0. The van der Waals surface area contributed by atoms with Gasteiger partial charge in [0.15, 0.2) is 0 Å². The largest absolute Gasteiger partial charge is 0.465 e. The molecule has 19 heavy (non-hydrogen) atoms. The average molecular weight is 264 g/mol. The first-order valence-corrected chi connectivity index (χ1v) is 6.96. The summed E-state index contributed by atoms with van der Waals surface area (Å²) in [5.41, 5.74) is 0.528. The molecular weight excluding hydrogens is 244 g/mol. The van der Waals surface area contributed by atoms with E-state index in [9.17, 15) is 9.59 Å². The molecule has 0 aromatic carbocycles. The summed E-state index contributed by atoms with van der Waals surface area (Å²) < 4.78 is 10.7. The van der Waals surface area contributed by atoms with Crippen molar-refractivity contribution in [1.82, 2.24) is 0 Å². The van der Waals surface area contributed by atoms with Gasteiger partial charge in [-0.25, -0.2) is 4.79 Å². The third-order valence-corrected chi connectivity index (χ3v) is 5.24. The number of carbonyl (C=O) groups excluding carboxylic acids is 2. The Bertz CT molecular complexity index is 455. The predicted molar refractivity (Wildman–Crippen MR) is 68.1 cm³/mol. The minimum atomic E-state index is -0.253. The fourth-order valence-corrected chi connectivity index (χ4v) is 4.11. The normalized spacial score (nSPS) is 45.9. The summed E-state index contributed by atoms with van der Waals surface area (Å²) in [7, 11) is 0. The molecule has 0 N–H and O–H groups in total. The Morgan fingerprint density at radius 3 is 2.84 bits per heavy atom. The van der Waals surface area contributed by atoms with Crippen LogP contribution in [0.3, 0.4) is 0 Å². The SMILES string of the molecule is C=C1C(=O)O[C@@H]2C[C@H](C)[C@H]3CC(=O)OC[C@@]3(C)C[C@H]12. The summed E-state index contributed by atoms with van der Waals surface area (Å²) >= 11 is 0.